The summed E-state index contributed by atoms with van der Waals surface area (Å²) < 4.78 is 5.51. The summed E-state index contributed by atoms with van der Waals surface area (Å²) >= 11 is 0. The van der Waals surface area contributed by atoms with Crippen LogP contribution in [-0.4, -0.2) is 29.5 Å². The van der Waals surface area contributed by atoms with Gasteiger partial charge in [0.05, 0.1) is 19.1 Å². The number of imidazole rings is 1. The Labute approximate surface area is 141 Å². The molecule has 0 radical (unpaired) electrons. The molecule has 0 bridgehead atoms. The number of carbonyl (C=O) groups excluding carboxylic acids is 1. The van der Waals surface area contributed by atoms with Gasteiger partial charge in [0.25, 0.3) is 0 Å². The first-order valence-corrected chi connectivity index (χ1v) is 8.48. The largest absolute Gasteiger partial charge is 0.496 e. The Balaban J connectivity index is 1.49. The van der Waals surface area contributed by atoms with Crippen molar-refractivity contribution >= 4 is 5.91 Å². The maximum absolute atomic E-state index is 12.6. The number of carbonyl (C=O) groups is 1. The molecule has 6 heteroatoms. The summed E-state index contributed by atoms with van der Waals surface area (Å²) in [5.41, 5.74) is 5.63. The number of nitrogens with one attached hydrogen (secondary N) is 3. The third kappa shape index (κ3) is 2.67. The molecule has 1 amide bonds. The van der Waals surface area contributed by atoms with Crippen LogP contribution in [0.5, 0.6) is 5.75 Å². The fraction of sp³-hybridized carbons (Fsp3) is 0.444. The molecule has 1 aliphatic carbocycles. The first kappa shape index (κ1) is 15.2. The number of benzene rings is 1. The molecule has 0 saturated heterocycles. The number of aromatic amines is 1. The van der Waals surface area contributed by atoms with Crippen molar-refractivity contribution in [1.29, 1.82) is 0 Å². The van der Waals surface area contributed by atoms with E-state index in [9.17, 15) is 4.79 Å². The van der Waals surface area contributed by atoms with Gasteiger partial charge in [0.1, 0.15) is 11.8 Å². The Kier molecular flexibility index (Phi) is 3.98. The minimum Gasteiger partial charge on any atom is -0.496 e. The zero-order valence-corrected chi connectivity index (χ0v) is 13.8. The number of methoxy groups -OCH3 is 1. The lowest BCUT2D eigenvalue weighted by Crippen LogP contribution is -2.41. The molecule has 2 aromatic rings. The van der Waals surface area contributed by atoms with Crippen molar-refractivity contribution < 1.29 is 9.53 Å². The molecule has 4 rings (SSSR count). The van der Waals surface area contributed by atoms with Crippen LogP contribution in [-0.2, 0) is 30.6 Å². The maximum atomic E-state index is 12.6. The van der Waals surface area contributed by atoms with Crippen LogP contribution in [0.25, 0.3) is 0 Å². The van der Waals surface area contributed by atoms with E-state index in [2.05, 4.69) is 32.7 Å². The number of H-pyrrole nitrogens is 1. The standard InChI is InChI=1S/C18H22N4O2/c1-24-15-8-12-4-2-3-11(12)7-13(15)9-20-18(23)17-16-14(5-6-19-17)21-10-22-16/h7-8,10,17,19H,2-6,9H2,1H3,(H,20,23)(H,21,22)/t17-/m1/s1. The molecule has 24 heavy (non-hydrogen) atoms. The number of nitrogens with zero attached hydrogens (tertiary/aromatic N) is 1. The van der Waals surface area contributed by atoms with Gasteiger partial charge in [-0.3, -0.25) is 4.79 Å². The summed E-state index contributed by atoms with van der Waals surface area (Å²) in [5, 5.41) is 6.27. The first-order valence-electron chi connectivity index (χ1n) is 8.48. The van der Waals surface area contributed by atoms with E-state index >= 15 is 0 Å². The zero-order chi connectivity index (χ0) is 16.5. The van der Waals surface area contributed by atoms with Crippen molar-refractivity contribution in [3.63, 3.8) is 0 Å². The Bertz CT molecular complexity index is 768. The lowest BCUT2D eigenvalue weighted by Gasteiger charge is -2.22. The summed E-state index contributed by atoms with van der Waals surface area (Å²) in [4.78, 5) is 20.0. The van der Waals surface area contributed by atoms with E-state index in [1.54, 1.807) is 13.4 Å². The van der Waals surface area contributed by atoms with Gasteiger partial charge in [0, 0.05) is 30.8 Å². The van der Waals surface area contributed by atoms with Crippen LogP contribution >= 0.6 is 0 Å². The highest BCUT2D eigenvalue weighted by Gasteiger charge is 2.28. The predicted molar refractivity (Wildman–Crippen MR) is 89.9 cm³/mol. The molecular weight excluding hydrogens is 304 g/mol. The van der Waals surface area contributed by atoms with Crippen molar-refractivity contribution in [2.75, 3.05) is 13.7 Å². The zero-order valence-electron chi connectivity index (χ0n) is 13.8. The summed E-state index contributed by atoms with van der Waals surface area (Å²) in [7, 11) is 1.68. The molecular formula is C18H22N4O2. The van der Waals surface area contributed by atoms with Crippen molar-refractivity contribution in [3.8, 4) is 5.75 Å². The van der Waals surface area contributed by atoms with Crippen LogP contribution in [0.3, 0.4) is 0 Å². The van der Waals surface area contributed by atoms with Crippen molar-refractivity contribution in [2.24, 2.45) is 0 Å². The fourth-order valence-electron chi connectivity index (χ4n) is 3.70. The second-order valence-corrected chi connectivity index (χ2v) is 6.41. The smallest absolute Gasteiger partial charge is 0.243 e. The van der Waals surface area contributed by atoms with Crippen LogP contribution in [0.4, 0.5) is 0 Å². The van der Waals surface area contributed by atoms with Gasteiger partial charge >= 0.3 is 0 Å². The van der Waals surface area contributed by atoms with Crippen LogP contribution in [0.2, 0.25) is 0 Å². The average Bonchev–Trinajstić information content (AvgIpc) is 3.26. The molecule has 6 nitrogen and oxygen atoms in total. The Morgan fingerprint density at radius 1 is 1.33 bits per heavy atom. The van der Waals surface area contributed by atoms with Gasteiger partial charge in [-0.25, -0.2) is 4.98 Å². The van der Waals surface area contributed by atoms with E-state index < -0.39 is 0 Å². The number of aromatic nitrogens is 2. The number of rotatable bonds is 4. The number of hydrogen-bond acceptors (Lipinski definition) is 4. The summed E-state index contributed by atoms with van der Waals surface area (Å²) in [6.45, 7) is 1.24. The molecule has 0 spiro atoms. The summed E-state index contributed by atoms with van der Waals surface area (Å²) in [5.74, 6) is 0.804. The van der Waals surface area contributed by atoms with Gasteiger partial charge in [0.2, 0.25) is 5.91 Å². The summed E-state index contributed by atoms with van der Waals surface area (Å²) in [6.07, 6.45) is 5.95. The Hall–Kier alpha value is -2.34. The maximum Gasteiger partial charge on any atom is 0.243 e. The van der Waals surface area contributed by atoms with Crippen LogP contribution < -0.4 is 15.4 Å². The number of aryl methyl sites for hydroxylation is 2. The van der Waals surface area contributed by atoms with Crippen molar-refractivity contribution in [2.45, 2.75) is 38.3 Å². The highest BCUT2D eigenvalue weighted by Crippen LogP contribution is 2.30. The first-order chi connectivity index (χ1) is 11.8. The molecule has 0 fully saturated rings. The van der Waals surface area contributed by atoms with E-state index in [0.29, 0.717) is 6.54 Å². The van der Waals surface area contributed by atoms with E-state index in [0.717, 1.165) is 48.5 Å². The van der Waals surface area contributed by atoms with Crippen molar-refractivity contribution in [3.05, 3.63) is 46.5 Å². The van der Waals surface area contributed by atoms with Gasteiger partial charge in [-0.15, -0.1) is 0 Å². The highest BCUT2D eigenvalue weighted by atomic mass is 16.5. The lowest BCUT2D eigenvalue weighted by molar-refractivity contribution is -0.123. The van der Waals surface area contributed by atoms with Gasteiger partial charge in [-0.1, -0.05) is 6.07 Å². The molecule has 126 valence electrons. The number of hydrogen-bond donors (Lipinski definition) is 3. The lowest BCUT2D eigenvalue weighted by atomic mass is 10.0. The van der Waals surface area contributed by atoms with E-state index in [-0.39, 0.29) is 11.9 Å². The molecule has 2 heterocycles. The molecule has 1 aromatic heterocycles. The third-order valence-corrected chi connectivity index (χ3v) is 4.96. The van der Waals surface area contributed by atoms with E-state index in [1.165, 1.54) is 17.5 Å². The molecule has 1 aromatic carbocycles. The monoisotopic (exact) mass is 326 g/mol. The SMILES string of the molecule is COc1cc2c(cc1CNC(=O)[C@@H]1NCCc3[nH]cnc31)CCC2. The summed E-state index contributed by atoms with van der Waals surface area (Å²) in [6, 6.07) is 3.91. The van der Waals surface area contributed by atoms with Crippen LogP contribution in [0.15, 0.2) is 18.5 Å². The quantitative estimate of drug-likeness (QED) is 0.794. The van der Waals surface area contributed by atoms with Gasteiger partial charge in [0.15, 0.2) is 0 Å². The van der Waals surface area contributed by atoms with Gasteiger partial charge in [-0.2, -0.15) is 0 Å². The van der Waals surface area contributed by atoms with Crippen LogP contribution in [0.1, 0.15) is 40.5 Å². The minimum absolute atomic E-state index is 0.0504. The average molecular weight is 326 g/mol. The molecule has 3 N–H and O–H groups in total. The normalized spacial score (nSPS) is 18.8. The Morgan fingerprint density at radius 2 is 2.17 bits per heavy atom. The molecule has 2 aliphatic rings. The molecule has 1 aliphatic heterocycles. The molecule has 0 unspecified atom stereocenters. The topological polar surface area (TPSA) is 79.0 Å². The minimum atomic E-state index is -0.388. The number of fused-ring (bicyclic) bond motifs is 2. The van der Waals surface area contributed by atoms with E-state index in [4.69, 9.17) is 4.74 Å². The fourth-order valence-corrected chi connectivity index (χ4v) is 3.70. The Morgan fingerprint density at radius 3 is 3.00 bits per heavy atom. The van der Waals surface area contributed by atoms with Crippen LogP contribution in [0, 0.1) is 0 Å². The molecule has 0 saturated carbocycles. The second kappa shape index (κ2) is 6.28. The van der Waals surface area contributed by atoms with E-state index in [1.807, 2.05) is 0 Å². The van der Waals surface area contributed by atoms with Gasteiger partial charge in [-0.05, 0) is 36.5 Å². The second-order valence-electron chi connectivity index (χ2n) is 6.41. The predicted octanol–water partition coefficient (Wildman–Crippen LogP) is 1.41. The number of amides is 1. The highest BCUT2D eigenvalue weighted by molar-refractivity contribution is 5.83. The van der Waals surface area contributed by atoms with Crippen molar-refractivity contribution in [1.82, 2.24) is 20.6 Å². The number of ether oxygens (including phenoxy) is 1. The third-order valence-electron chi connectivity index (χ3n) is 4.96. The van der Waals surface area contributed by atoms with Gasteiger partial charge < -0.3 is 20.4 Å². The molecule has 1 atom stereocenters.